The van der Waals surface area contributed by atoms with Crippen LogP contribution in [0.1, 0.15) is 5.69 Å². The van der Waals surface area contributed by atoms with E-state index in [1.54, 1.807) is 0 Å². The minimum atomic E-state index is 0.252. The number of nitrogens with zero attached hydrogens (tertiary/aromatic N) is 1. The quantitative estimate of drug-likeness (QED) is 0.712. The summed E-state index contributed by atoms with van der Waals surface area (Å²) in [4.78, 5) is 0. The van der Waals surface area contributed by atoms with Gasteiger partial charge in [-0.1, -0.05) is 48.6 Å². The van der Waals surface area contributed by atoms with Crippen LogP contribution in [0.3, 0.4) is 0 Å². The first-order valence-electron chi connectivity index (χ1n) is 6.19. The maximum absolute atomic E-state index is 10.6. The van der Waals surface area contributed by atoms with E-state index < -0.39 is 0 Å². The van der Waals surface area contributed by atoms with Gasteiger partial charge in [-0.05, 0) is 24.0 Å². The van der Waals surface area contributed by atoms with Gasteiger partial charge in [0, 0.05) is 11.8 Å². The molecule has 100 valence electrons. The summed E-state index contributed by atoms with van der Waals surface area (Å²) in [6, 6.07) is 15.8. The molecule has 2 aromatic heterocycles. The second-order valence-corrected chi connectivity index (χ2v) is 5.87. The number of hydrogen-bond acceptors (Lipinski definition) is 3. The molecule has 1 aromatic carbocycles. The van der Waals surface area contributed by atoms with Gasteiger partial charge in [-0.3, -0.25) is 0 Å². The second-order valence-electron chi connectivity index (χ2n) is 4.39. The zero-order valence-corrected chi connectivity index (χ0v) is 12.5. The molecule has 0 aliphatic carbocycles. The van der Waals surface area contributed by atoms with Crippen molar-refractivity contribution in [2.45, 2.75) is 0 Å². The van der Waals surface area contributed by atoms with E-state index in [1.807, 2.05) is 65.4 Å². The molecule has 0 amide bonds. The molecule has 0 unspecified atom stereocenters. The van der Waals surface area contributed by atoms with Crippen LogP contribution in [0, 0.1) is 0 Å². The Bertz CT molecular complexity index is 778. The summed E-state index contributed by atoms with van der Waals surface area (Å²) < 4.78 is 2.64. The number of thiocarbonyl (C=S) groups is 1. The van der Waals surface area contributed by atoms with E-state index in [-0.39, 0.29) is 5.75 Å². The SMILES string of the molecule is CSC(=S)c1c(O)c(-c2ccccc2)c2ccccn12. The summed E-state index contributed by atoms with van der Waals surface area (Å²) in [5.41, 5.74) is 3.48. The number of aromatic nitrogens is 1. The fourth-order valence-corrected chi connectivity index (χ4v) is 2.96. The van der Waals surface area contributed by atoms with Gasteiger partial charge in [0.25, 0.3) is 0 Å². The Kier molecular flexibility index (Phi) is 3.51. The van der Waals surface area contributed by atoms with E-state index in [0.29, 0.717) is 9.89 Å². The Balaban J connectivity index is 2.39. The summed E-state index contributed by atoms with van der Waals surface area (Å²) in [6.45, 7) is 0. The molecule has 0 fully saturated rings. The summed E-state index contributed by atoms with van der Waals surface area (Å²) in [5.74, 6) is 0.252. The number of fused-ring (bicyclic) bond motifs is 1. The Hall–Kier alpha value is -1.78. The Morgan fingerprint density at radius 3 is 2.50 bits per heavy atom. The van der Waals surface area contributed by atoms with Crippen LogP contribution in [0.15, 0.2) is 54.7 Å². The smallest absolute Gasteiger partial charge is 0.151 e. The minimum absolute atomic E-state index is 0.252. The van der Waals surface area contributed by atoms with Gasteiger partial charge in [0.05, 0.1) is 9.71 Å². The topological polar surface area (TPSA) is 24.6 Å². The number of aromatic hydroxyl groups is 1. The number of pyridine rings is 1. The molecule has 20 heavy (non-hydrogen) atoms. The minimum Gasteiger partial charge on any atom is -0.505 e. The largest absolute Gasteiger partial charge is 0.505 e. The van der Waals surface area contributed by atoms with Crippen LogP contribution >= 0.6 is 24.0 Å². The van der Waals surface area contributed by atoms with E-state index in [0.717, 1.165) is 16.6 Å². The van der Waals surface area contributed by atoms with Gasteiger partial charge in [-0.15, -0.1) is 11.8 Å². The summed E-state index contributed by atoms with van der Waals surface area (Å²) in [6.07, 6.45) is 3.85. The molecule has 0 bridgehead atoms. The summed E-state index contributed by atoms with van der Waals surface area (Å²) >= 11 is 6.85. The third kappa shape index (κ3) is 2.01. The molecule has 4 heteroatoms. The lowest BCUT2D eigenvalue weighted by Gasteiger charge is -2.01. The lowest BCUT2D eigenvalue weighted by molar-refractivity contribution is 0.476. The van der Waals surface area contributed by atoms with Crippen molar-refractivity contribution >= 4 is 33.7 Å². The van der Waals surface area contributed by atoms with Crippen LogP contribution in [-0.2, 0) is 0 Å². The monoisotopic (exact) mass is 299 g/mol. The third-order valence-electron chi connectivity index (χ3n) is 3.26. The van der Waals surface area contributed by atoms with Gasteiger partial charge in [-0.25, -0.2) is 0 Å². The highest BCUT2D eigenvalue weighted by Crippen LogP contribution is 2.39. The van der Waals surface area contributed by atoms with Gasteiger partial charge in [0.15, 0.2) is 5.75 Å². The third-order valence-corrected chi connectivity index (χ3v) is 4.52. The first-order valence-corrected chi connectivity index (χ1v) is 7.83. The van der Waals surface area contributed by atoms with Crippen molar-refractivity contribution in [2.24, 2.45) is 0 Å². The second kappa shape index (κ2) is 5.31. The Morgan fingerprint density at radius 1 is 1.10 bits per heavy atom. The number of hydrogen-bond donors (Lipinski definition) is 1. The van der Waals surface area contributed by atoms with Gasteiger partial charge in [0.2, 0.25) is 0 Å². The Labute approximate surface area is 127 Å². The molecule has 2 heterocycles. The summed E-state index contributed by atoms with van der Waals surface area (Å²) in [7, 11) is 0. The predicted octanol–water partition coefficient (Wildman–Crippen LogP) is 4.35. The van der Waals surface area contributed by atoms with Gasteiger partial charge in [0.1, 0.15) is 5.69 Å². The van der Waals surface area contributed by atoms with Crippen molar-refractivity contribution < 1.29 is 5.11 Å². The Morgan fingerprint density at radius 2 is 1.80 bits per heavy atom. The van der Waals surface area contributed by atoms with Crippen LogP contribution in [0.2, 0.25) is 0 Å². The van der Waals surface area contributed by atoms with E-state index >= 15 is 0 Å². The standard InChI is InChI=1S/C16H13NOS2/c1-20-16(19)14-15(18)13(11-7-3-2-4-8-11)12-9-5-6-10-17(12)14/h2-10,18H,1H3. The number of rotatable bonds is 2. The fraction of sp³-hybridized carbons (Fsp3) is 0.0625. The molecule has 3 rings (SSSR count). The molecule has 1 N–H and O–H groups in total. The molecular formula is C16H13NOS2. The highest BCUT2D eigenvalue weighted by atomic mass is 32.2. The van der Waals surface area contributed by atoms with Gasteiger partial charge in [-0.2, -0.15) is 0 Å². The van der Waals surface area contributed by atoms with Crippen LogP contribution in [-0.4, -0.2) is 20.0 Å². The lowest BCUT2D eigenvalue weighted by Crippen LogP contribution is -1.96. The van der Waals surface area contributed by atoms with Gasteiger partial charge >= 0.3 is 0 Å². The average molecular weight is 299 g/mol. The molecule has 0 saturated carbocycles. The van der Waals surface area contributed by atoms with Crippen molar-refractivity contribution in [1.82, 2.24) is 4.40 Å². The van der Waals surface area contributed by atoms with Crippen LogP contribution < -0.4 is 0 Å². The average Bonchev–Trinajstić information content (AvgIpc) is 2.79. The molecule has 3 aromatic rings. The van der Waals surface area contributed by atoms with Crippen LogP contribution in [0.5, 0.6) is 5.75 Å². The number of thioether (sulfide) groups is 1. The summed E-state index contributed by atoms with van der Waals surface area (Å²) in [5, 5.41) is 10.6. The van der Waals surface area contributed by atoms with Crippen molar-refractivity contribution in [3.8, 4) is 16.9 Å². The maximum atomic E-state index is 10.6. The zero-order chi connectivity index (χ0) is 14.1. The van der Waals surface area contributed by atoms with Crippen LogP contribution in [0.4, 0.5) is 0 Å². The number of benzene rings is 1. The normalized spacial score (nSPS) is 10.8. The first kappa shape index (κ1) is 13.2. The van der Waals surface area contributed by atoms with Crippen molar-refractivity contribution in [3.05, 3.63) is 60.4 Å². The van der Waals surface area contributed by atoms with Crippen molar-refractivity contribution in [2.75, 3.05) is 6.26 Å². The molecule has 0 aliphatic rings. The van der Waals surface area contributed by atoms with E-state index in [1.165, 1.54) is 11.8 Å². The van der Waals surface area contributed by atoms with E-state index in [4.69, 9.17) is 12.2 Å². The molecule has 0 radical (unpaired) electrons. The molecule has 0 spiro atoms. The highest BCUT2D eigenvalue weighted by molar-refractivity contribution is 8.23. The molecule has 2 nitrogen and oxygen atoms in total. The fourth-order valence-electron chi connectivity index (χ4n) is 2.38. The zero-order valence-electron chi connectivity index (χ0n) is 10.9. The molecule has 0 saturated heterocycles. The van der Waals surface area contributed by atoms with E-state index in [9.17, 15) is 5.11 Å². The van der Waals surface area contributed by atoms with Crippen molar-refractivity contribution in [3.63, 3.8) is 0 Å². The predicted molar refractivity (Wildman–Crippen MR) is 89.7 cm³/mol. The van der Waals surface area contributed by atoms with Gasteiger partial charge < -0.3 is 9.51 Å². The van der Waals surface area contributed by atoms with E-state index in [2.05, 4.69) is 0 Å². The lowest BCUT2D eigenvalue weighted by atomic mass is 10.1. The molecule has 0 aliphatic heterocycles. The maximum Gasteiger partial charge on any atom is 0.151 e. The first-order chi connectivity index (χ1) is 9.74. The highest BCUT2D eigenvalue weighted by Gasteiger charge is 2.20. The van der Waals surface area contributed by atoms with Crippen molar-refractivity contribution in [1.29, 1.82) is 0 Å². The van der Waals surface area contributed by atoms with Crippen LogP contribution in [0.25, 0.3) is 16.6 Å². The molecule has 0 atom stereocenters. The molecular weight excluding hydrogens is 286 g/mol.